The molecule has 0 aliphatic carbocycles. The smallest absolute Gasteiger partial charge is 0.149 e. The lowest BCUT2D eigenvalue weighted by Gasteiger charge is -2.11. The van der Waals surface area contributed by atoms with Crippen molar-refractivity contribution in [2.24, 2.45) is 0 Å². The highest BCUT2D eigenvalue weighted by molar-refractivity contribution is 9.10. The van der Waals surface area contributed by atoms with Crippen LogP contribution in [0.2, 0.25) is 5.02 Å². The van der Waals surface area contributed by atoms with Crippen LogP contribution in [0, 0.1) is 11.6 Å². The Morgan fingerprint density at radius 3 is 2.48 bits per heavy atom. The molecule has 0 radical (unpaired) electrons. The molecule has 0 aliphatic heterocycles. The number of hydrogen-bond acceptors (Lipinski definition) is 1. The molecule has 21 heavy (non-hydrogen) atoms. The van der Waals surface area contributed by atoms with Gasteiger partial charge in [0.25, 0.3) is 0 Å². The van der Waals surface area contributed by atoms with Crippen molar-refractivity contribution in [3.05, 3.63) is 70.1 Å². The van der Waals surface area contributed by atoms with Crippen LogP contribution in [0.4, 0.5) is 8.78 Å². The van der Waals surface area contributed by atoms with Crippen LogP contribution >= 0.6 is 27.5 Å². The maximum Gasteiger partial charge on any atom is 0.149 e. The Balaban J connectivity index is 2.20. The van der Waals surface area contributed by atoms with Gasteiger partial charge < -0.3 is 0 Å². The van der Waals surface area contributed by atoms with Gasteiger partial charge in [-0.05, 0) is 52.3 Å². The highest BCUT2D eigenvalue weighted by Gasteiger charge is 2.18. The summed E-state index contributed by atoms with van der Waals surface area (Å²) < 4.78 is 30.1. The van der Waals surface area contributed by atoms with Gasteiger partial charge in [-0.1, -0.05) is 11.6 Å². The third kappa shape index (κ3) is 2.59. The Hall–Kier alpha value is -1.72. The number of benzene rings is 2. The molecule has 0 spiro atoms. The van der Waals surface area contributed by atoms with Crippen LogP contribution < -0.4 is 0 Å². The maximum absolute atomic E-state index is 14.2. The molecule has 0 bridgehead atoms. The van der Waals surface area contributed by atoms with Crippen LogP contribution in [0.15, 0.2) is 53.4 Å². The van der Waals surface area contributed by atoms with Gasteiger partial charge in [-0.2, -0.15) is 0 Å². The van der Waals surface area contributed by atoms with E-state index in [0.29, 0.717) is 16.4 Å². The lowest BCUT2D eigenvalue weighted by Crippen LogP contribution is -1.99. The monoisotopic (exact) mass is 368 g/mol. The van der Waals surface area contributed by atoms with Gasteiger partial charge in [-0.25, -0.2) is 13.8 Å². The number of nitrogens with zero attached hydrogens (tertiary/aromatic N) is 2. The molecule has 0 saturated carbocycles. The molecule has 2 nitrogen and oxygen atoms in total. The van der Waals surface area contributed by atoms with Gasteiger partial charge >= 0.3 is 0 Å². The molecule has 0 amide bonds. The van der Waals surface area contributed by atoms with E-state index in [1.54, 1.807) is 28.8 Å². The lowest BCUT2D eigenvalue weighted by atomic mass is 10.1. The Bertz CT molecular complexity index is 800. The molecule has 0 saturated heterocycles. The third-order valence-electron chi connectivity index (χ3n) is 3.04. The van der Waals surface area contributed by atoms with Crippen molar-refractivity contribution in [1.29, 1.82) is 0 Å². The summed E-state index contributed by atoms with van der Waals surface area (Å²) in [5, 5.41) is 0.584. The van der Waals surface area contributed by atoms with Crippen molar-refractivity contribution < 1.29 is 8.78 Å². The molecule has 0 aliphatic rings. The summed E-state index contributed by atoms with van der Waals surface area (Å²) in [6.07, 6.45) is 2.92. The van der Waals surface area contributed by atoms with E-state index >= 15 is 0 Å². The first-order valence-corrected chi connectivity index (χ1v) is 7.17. The van der Waals surface area contributed by atoms with Crippen LogP contribution in [0.25, 0.3) is 16.9 Å². The van der Waals surface area contributed by atoms with E-state index in [4.69, 9.17) is 11.6 Å². The van der Waals surface area contributed by atoms with Crippen molar-refractivity contribution in [2.75, 3.05) is 0 Å². The molecular weight excluding hydrogens is 362 g/mol. The van der Waals surface area contributed by atoms with E-state index in [0.717, 1.165) is 0 Å². The fraction of sp³-hybridized carbons (Fsp3) is 0. The van der Waals surface area contributed by atoms with E-state index in [1.807, 2.05) is 0 Å². The predicted molar refractivity (Wildman–Crippen MR) is 81.6 cm³/mol. The summed E-state index contributed by atoms with van der Waals surface area (Å²) in [5.41, 5.74) is 0.913. The predicted octanol–water partition coefficient (Wildman–Crippen LogP) is 5.23. The molecule has 106 valence electrons. The van der Waals surface area contributed by atoms with Gasteiger partial charge in [0.2, 0.25) is 0 Å². The summed E-state index contributed by atoms with van der Waals surface area (Å²) in [6.45, 7) is 0. The number of rotatable bonds is 2. The highest BCUT2D eigenvalue weighted by Crippen LogP contribution is 2.32. The fourth-order valence-electron chi connectivity index (χ4n) is 2.05. The van der Waals surface area contributed by atoms with Crippen molar-refractivity contribution in [1.82, 2.24) is 9.55 Å². The summed E-state index contributed by atoms with van der Waals surface area (Å²) in [6, 6.07) is 9.45. The number of halogens is 4. The van der Waals surface area contributed by atoms with Crippen molar-refractivity contribution in [3.63, 3.8) is 0 Å². The fourth-order valence-corrected chi connectivity index (χ4v) is 2.51. The first-order valence-electron chi connectivity index (χ1n) is 6.00. The molecule has 0 unspecified atom stereocenters. The van der Waals surface area contributed by atoms with E-state index in [9.17, 15) is 8.78 Å². The Morgan fingerprint density at radius 1 is 1.05 bits per heavy atom. The zero-order valence-electron chi connectivity index (χ0n) is 10.5. The number of aromatic nitrogens is 2. The second-order valence-electron chi connectivity index (χ2n) is 4.34. The van der Waals surface area contributed by atoms with Crippen molar-refractivity contribution >= 4 is 27.5 Å². The number of hydrogen-bond donors (Lipinski definition) is 0. The van der Waals surface area contributed by atoms with Gasteiger partial charge in [0.05, 0.1) is 28.3 Å². The van der Waals surface area contributed by atoms with E-state index in [-0.39, 0.29) is 10.0 Å². The van der Waals surface area contributed by atoms with Gasteiger partial charge in [0.15, 0.2) is 0 Å². The zero-order valence-corrected chi connectivity index (χ0v) is 12.9. The van der Waals surface area contributed by atoms with Crippen LogP contribution in [0.5, 0.6) is 0 Å². The molecule has 1 aromatic heterocycles. The summed E-state index contributed by atoms with van der Waals surface area (Å²) >= 11 is 8.92. The average molecular weight is 370 g/mol. The Morgan fingerprint density at radius 2 is 1.76 bits per heavy atom. The molecule has 0 fully saturated rings. The van der Waals surface area contributed by atoms with Crippen molar-refractivity contribution in [3.8, 4) is 16.9 Å². The van der Waals surface area contributed by atoms with E-state index < -0.39 is 11.6 Å². The average Bonchev–Trinajstić information content (AvgIpc) is 2.93. The van der Waals surface area contributed by atoms with Gasteiger partial charge in [0, 0.05) is 10.7 Å². The Labute approximate surface area is 133 Å². The SMILES string of the molecule is Fc1ccc(Br)c(F)c1-c1cncn1-c1ccc(Cl)cc1. The second kappa shape index (κ2) is 5.58. The summed E-state index contributed by atoms with van der Waals surface area (Å²) in [4.78, 5) is 3.99. The summed E-state index contributed by atoms with van der Waals surface area (Å²) in [5.74, 6) is -1.31. The minimum atomic E-state index is -0.661. The van der Waals surface area contributed by atoms with Gasteiger partial charge in [0.1, 0.15) is 11.6 Å². The van der Waals surface area contributed by atoms with Crippen LogP contribution in [0.3, 0.4) is 0 Å². The topological polar surface area (TPSA) is 17.8 Å². The molecule has 0 atom stereocenters. The quantitative estimate of drug-likeness (QED) is 0.565. The van der Waals surface area contributed by atoms with Crippen LogP contribution in [0.1, 0.15) is 0 Å². The first kappa shape index (κ1) is 14.2. The molecule has 1 heterocycles. The van der Waals surface area contributed by atoms with Crippen LogP contribution in [-0.2, 0) is 0 Å². The maximum atomic E-state index is 14.2. The van der Waals surface area contributed by atoms with E-state index in [1.165, 1.54) is 24.7 Å². The molecular formula is C15H8BrClF2N2. The molecule has 6 heteroatoms. The van der Waals surface area contributed by atoms with Crippen molar-refractivity contribution in [2.45, 2.75) is 0 Å². The van der Waals surface area contributed by atoms with Gasteiger partial charge in [-0.3, -0.25) is 4.57 Å². The third-order valence-corrected chi connectivity index (χ3v) is 3.91. The minimum Gasteiger partial charge on any atom is -0.299 e. The normalized spacial score (nSPS) is 10.9. The minimum absolute atomic E-state index is 0.128. The van der Waals surface area contributed by atoms with Crippen LogP contribution in [-0.4, -0.2) is 9.55 Å². The second-order valence-corrected chi connectivity index (χ2v) is 5.63. The molecule has 3 aromatic rings. The van der Waals surface area contributed by atoms with Gasteiger partial charge in [-0.15, -0.1) is 0 Å². The zero-order chi connectivity index (χ0) is 15.0. The molecule has 2 aromatic carbocycles. The number of imidazole rings is 1. The molecule has 3 rings (SSSR count). The first-order chi connectivity index (χ1) is 10.1. The van der Waals surface area contributed by atoms with E-state index in [2.05, 4.69) is 20.9 Å². The Kier molecular flexibility index (Phi) is 3.78. The highest BCUT2D eigenvalue weighted by atomic mass is 79.9. The summed E-state index contributed by atoms with van der Waals surface area (Å²) in [7, 11) is 0. The largest absolute Gasteiger partial charge is 0.299 e. The lowest BCUT2D eigenvalue weighted by molar-refractivity contribution is 0.584. The standard InChI is InChI=1S/C15H8BrClF2N2/c16-11-5-6-12(18)14(15(11)19)13-7-20-8-21(13)10-3-1-9(17)2-4-10/h1-8H. The molecule has 0 N–H and O–H groups in total.